The van der Waals surface area contributed by atoms with E-state index in [4.69, 9.17) is 4.52 Å². The number of nitrogens with zero attached hydrogens (tertiary/aromatic N) is 2. The van der Waals surface area contributed by atoms with E-state index in [9.17, 15) is 23.1 Å². The fourth-order valence-corrected chi connectivity index (χ4v) is 6.01. The van der Waals surface area contributed by atoms with Gasteiger partial charge in [0.05, 0.1) is 5.92 Å². The number of carboxylic acids is 1. The van der Waals surface area contributed by atoms with E-state index in [1.54, 1.807) is 6.92 Å². The molecule has 1 aliphatic carbocycles. The first-order chi connectivity index (χ1) is 12.6. The molecule has 0 aromatic carbocycles. The maximum absolute atomic E-state index is 13.3. The lowest BCUT2D eigenvalue weighted by Crippen LogP contribution is -2.57. The molecule has 0 spiro atoms. The van der Waals surface area contributed by atoms with Crippen molar-refractivity contribution in [2.75, 3.05) is 13.1 Å². The fourth-order valence-electron chi connectivity index (χ4n) is 4.26. The van der Waals surface area contributed by atoms with Crippen LogP contribution >= 0.6 is 0 Å². The van der Waals surface area contributed by atoms with Crippen molar-refractivity contribution in [2.45, 2.75) is 56.9 Å². The third-order valence-electron chi connectivity index (χ3n) is 5.65. The molecule has 1 saturated carbocycles. The van der Waals surface area contributed by atoms with E-state index in [2.05, 4.69) is 9.88 Å². The van der Waals surface area contributed by atoms with Crippen molar-refractivity contribution in [1.82, 2.24) is 14.8 Å². The second kappa shape index (κ2) is 6.90. The highest BCUT2D eigenvalue weighted by atomic mass is 32.2. The van der Waals surface area contributed by atoms with E-state index in [1.165, 1.54) is 18.7 Å². The molecule has 0 unspecified atom stereocenters. The second-order valence-electron chi connectivity index (χ2n) is 7.68. The predicted molar refractivity (Wildman–Crippen MR) is 94.4 cm³/mol. The van der Waals surface area contributed by atoms with Crippen molar-refractivity contribution in [3.8, 4) is 0 Å². The smallest absolute Gasteiger partial charge is 0.308 e. The van der Waals surface area contributed by atoms with Gasteiger partial charge in [-0.3, -0.25) is 9.59 Å². The Kier molecular flexibility index (Phi) is 5.06. The van der Waals surface area contributed by atoms with Crippen molar-refractivity contribution in [3.63, 3.8) is 0 Å². The fraction of sp³-hybridized carbons (Fsp3) is 0.706. The lowest BCUT2D eigenvalue weighted by molar-refractivity contribution is -0.142. The number of aromatic nitrogens is 1. The number of carbonyl (C=O) groups is 2. The second-order valence-corrected chi connectivity index (χ2v) is 9.30. The van der Waals surface area contributed by atoms with E-state index in [1.807, 2.05) is 0 Å². The van der Waals surface area contributed by atoms with Gasteiger partial charge in [0, 0.05) is 13.1 Å². The summed E-state index contributed by atoms with van der Waals surface area (Å²) in [6.45, 7) is 5.25. The number of hydrogen-bond donors (Lipinski definition) is 2. The summed E-state index contributed by atoms with van der Waals surface area (Å²) >= 11 is 0. The lowest BCUT2D eigenvalue weighted by Gasteiger charge is -2.33. The van der Waals surface area contributed by atoms with Gasteiger partial charge in [-0.1, -0.05) is 24.9 Å². The quantitative estimate of drug-likeness (QED) is 0.757. The number of nitrogens with one attached hydrogen (secondary N) is 1. The molecule has 2 heterocycles. The number of carbonyl (C=O) groups excluding carboxylic acids is 1. The SMILES string of the molecule is Cc1noc(C)c1S(=O)(=O)NC1(C(=O)N2C[C@@H](C)[C@H](C(=O)O)C2)CCCC1. The Bertz CT molecular complexity index is 837. The molecule has 0 radical (unpaired) electrons. The standard InChI is InChI=1S/C17H25N3O6S/c1-10-8-20(9-13(10)15(21)22)16(23)17(6-4-5-7-17)19-27(24,25)14-11(2)18-26-12(14)3/h10,13,19H,4-9H2,1-3H3,(H,21,22)/t10-,13-/m1/s1. The molecule has 1 aromatic heterocycles. The van der Waals surface area contributed by atoms with Crippen molar-refractivity contribution in [1.29, 1.82) is 0 Å². The lowest BCUT2D eigenvalue weighted by atomic mass is 9.97. The number of aryl methyl sites for hydroxylation is 2. The van der Waals surface area contributed by atoms with Crippen LogP contribution in [0.2, 0.25) is 0 Å². The topological polar surface area (TPSA) is 130 Å². The number of amides is 1. The summed E-state index contributed by atoms with van der Waals surface area (Å²) in [5.41, 5.74) is -1.01. The largest absolute Gasteiger partial charge is 0.481 e. The Balaban J connectivity index is 1.89. The van der Waals surface area contributed by atoms with Crippen LogP contribution in [0, 0.1) is 25.7 Å². The molecule has 2 atom stereocenters. The molecule has 1 aromatic rings. The first kappa shape index (κ1) is 19.8. The van der Waals surface area contributed by atoms with Crippen LogP contribution < -0.4 is 4.72 Å². The first-order valence-corrected chi connectivity index (χ1v) is 10.5. The number of likely N-dealkylation sites (tertiary alicyclic amines) is 1. The monoisotopic (exact) mass is 399 g/mol. The van der Waals surface area contributed by atoms with E-state index in [0.29, 0.717) is 19.4 Å². The van der Waals surface area contributed by atoms with Crippen molar-refractivity contribution < 1.29 is 27.6 Å². The third-order valence-corrected chi connectivity index (χ3v) is 7.43. The predicted octanol–water partition coefficient (Wildman–Crippen LogP) is 1.06. The summed E-state index contributed by atoms with van der Waals surface area (Å²) in [6, 6.07) is 0. The van der Waals surface area contributed by atoms with Gasteiger partial charge in [-0.2, -0.15) is 4.72 Å². The van der Waals surface area contributed by atoms with Crippen LogP contribution in [0.3, 0.4) is 0 Å². The Hall–Kier alpha value is -1.94. The zero-order valence-electron chi connectivity index (χ0n) is 15.7. The molecular weight excluding hydrogens is 374 g/mol. The van der Waals surface area contributed by atoms with Crippen LogP contribution in [0.5, 0.6) is 0 Å². The molecular formula is C17H25N3O6S. The molecule has 3 rings (SSSR count). The first-order valence-electron chi connectivity index (χ1n) is 9.06. The average Bonchev–Trinajstić information content (AvgIpc) is 3.26. The highest BCUT2D eigenvalue weighted by Gasteiger charge is 2.50. The van der Waals surface area contributed by atoms with Gasteiger partial charge in [0.15, 0.2) is 5.76 Å². The van der Waals surface area contributed by atoms with Gasteiger partial charge < -0.3 is 14.5 Å². The van der Waals surface area contributed by atoms with Crippen LogP contribution in [0.4, 0.5) is 0 Å². The van der Waals surface area contributed by atoms with Crippen LogP contribution in [0.15, 0.2) is 9.42 Å². The third kappa shape index (κ3) is 3.47. The Morgan fingerprint density at radius 2 is 1.89 bits per heavy atom. The molecule has 9 nitrogen and oxygen atoms in total. The summed E-state index contributed by atoms with van der Waals surface area (Å²) < 4.78 is 33.5. The van der Waals surface area contributed by atoms with E-state index in [-0.39, 0.29) is 34.7 Å². The summed E-state index contributed by atoms with van der Waals surface area (Å²) in [5.74, 6) is -1.92. The normalized spacial score (nSPS) is 25.1. The zero-order chi connectivity index (χ0) is 20.0. The van der Waals surface area contributed by atoms with Gasteiger partial charge in [-0.25, -0.2) is 8.42 Å². The van der Waals surface area contributed by atoms with E-state index < -0.39 is 27.4 Å². The van der Waals surface area contributed by atoms with E-state index >= 15 is 0 Å². The minimum atomic E-state index is -4.01. The van der Waals surface area contributed by atoms with Crippen molar-refractivity contribution >= 4 is 21.9 Å². The number of sulfonamides is 1. The highest BCUT2D eigenvalue weighted by Crippen LogP contribution is 2.36. The number of rotatable bonds is 5. The molecule has 1 saturated heterocycles. The van der Waals surface area contributed by atoms with Crippen molar-refractivity contribution in [3.05, 3.63) is 11.5 Å². The molecule has 2 aliphatic rings. The highest BCUT2D eigenvalue weighted by molar-refractivity contribution is 7.89. The summed E-state index contributed by atoms with van der Waals surface area (Å²) in [6.07, 6.45) is 2.22. The molecule has 10 heteroatoms. The number of hydrogen-bond acceptors (Lipinski definition) is 6. The Morgan fingerprint density at radius 1 is 1.26 bits per heavy atom. The van der Waals surface area contributed by atoms with Gasteiger partial charge in [0.1, 0.15) is 16.1 Å². The van der Waals surface area contributed by atoms with Gasteiger partial charge in [-0.05, 0) is 32.6 Å². The zero-order valence-corrected chi connectivity index (χ0v) is 16.5. The number of carboxylic acid groups (broad SMARTS) is 1. The van der Waals surface area contributed by atoms with E-state index in [0.717, 1.165) is 12.8 Å². The Morgan fingerprint density at radius 3 is 2.37 bits per heavy atom. The van der Waals surface area contributed by atoms with Crippen LogP contribution in [0.1, 0.15) is 44.1 Å². The van der Waals surface area contributed by atoms with Crippen LogP contribution in [-0.2, 0) is 19.6 Å². The van der Waals surface area contributed by atoms with Crippen LogP contribution in [-0.4, -0.2) is 54.1 Å². The maximum atomic E-state index is 13.3. The molecule has 2 fully saturated rings. The average molecular weight is 399 g/mol. The Labute approximate surface area is 158 Å². The van der Waals surface area contributed by atoms with Gasteiger partial charge >= 0.3 is 5.97 Å². The molecule has 150 valence electrons. The minimum Gasteiger partial charge on any atom is -0.481 e. The molecule has 27 heavy (non-hydrogen) atoms. The molecule has 1 amide bonds. The van der Waals surface area contributed by atoms with Gasteiger partial charge in [-0.15, -0.1) is 0 Å². The number of aliphatic carboxylic acids is 1. The van der Waals surface area contributed by atoms with Crippen LogP contribution in [0.25, 0.3) is 0 Å². The maximum Gasteiger partial charge on any atom is 0.308 e. The summed E-state index contributed by atoms with van der Waals surface area (Å²) in [7, 11) is -4.01. The molecule has 0 bridgehead atoms. The van der Waals surface area contributed by atoms with Gasteiger partial charge in [0.25, 0.3) is 0 Å². The van der Waals surface area contributed by atoms with Crippen molar-refractivity contribution in [2.24, 2.45) is 11.8 Å². The minimum absolute atomic E-state index is 0.0419. The summed E-state index contributed by atoms with van der Waals surface area (Å²) in [5, 5.41) is 13.0. The summed E-state index contributed by atoms with van der Waals surface area (Å²) in [4.78, 5) is 26.1. The molecule has 1 aliphatic heterocycles. The van der Waals surface area contributed by atoms with Gasteiger partial charge in [0.2, 0.25) is 15.9 Å². The molecule has 2 N–H and O–H groups in total.